The van der Waals surface area contributed by atoms with Crippen LogP contribution in [0.15, 0.2) is 0 Å². The molecule has 0 aromatic carbocycles. The molecule has 2 aliphatic carbocycles. The van der Waals surface area contributed by atoms with Gasteiger partial charge in [-0.1, -0.05) is 26.7 Å². The lowest BCUT2D eigenvalue weighted by Gasteiger charge is -2.31. The van der Waals surface area contributed by atoms with Crippen molar-refractivity contribution in [1.29, 1.82) is 0 Å². The van der Waals surface area contributed by atoms with Gasteiger partial charge in [0.15, 0.2) is 0 Å². The number of nitrogens with two attached hydrogens (primary N) is 1. The Hall–Kier alpha value is -1.46. The first kappa shape index (κ1) is 20.8. The summed E-state index contributed by atoms with van der Waals surface area (Å²) in [5.41, 5.74) is 5.67. The number of nitrogens with one attached hydrogen (secondary N) is 3. The molecule has 0 saturated heterocycles. The Bertz CT molecular complexity index is 445. The van der Waals surface area contributed by atoms with Crippen molar-refractivity contribution in [1.82, 2.24) is 16.0 Å². The molecule has 0 spiro atoms. The van der Waals surface area contributed by atoms with Crippen LogP contribution in [0.2, 0.25) is 0 Å². The van der Waals surface area contributed by atoms with E-state index in [2.05, 4.69) is 29.8 Å². The van der Waals surface area contributed by atoms with Gasteiger partial charge in [0.25, 0.3) is 0 Å². The van der Waals surface area contributed by atoms with Gasteiger partial charge in [0.05, 0.1) is 0 Å². The van der Waals surface area contributed by atoms with Crippen molar-refractivity contribution >= 4 is 12.1 Å². The number of hydrogen-bond donors (Lipinski definition) is 4. The number of urea groups is 2. The zero-order valence-corrected chi connectivity index (χ0v) is 16.6. The fraction of sp³-hybridized carbons (Fsp3) is 0.900. The van der Waals surface area contributed by atoms with Crippen molar-refractivity contribution in [2.24, 2.45) is 11.1 Å². The maximum Gasteiger partial charge on any atom is 0.315 e. The topological polar surface area (TPSA) is 96.2 Å². The average molecular weight is 367 g/mol. The van der Waals surface area contributed by atoms with E-state index in [0.717, 1.165) is 51.4 Å². The summed E-state index contributed by atoms with van der Waals surface area (Å²) in [6.45, 7) is 4.71. The summed E-state index contributed by atoms with van der Waals surface area (Å²) in [5, 5.41) is 9.20. The molecule has 6 heteroatoms. The molecule has 2 rings (SSSR count). The molecule has 0 aliphatic heterocycles. The highest BCUT2D eigenvalue weighted by Crippen LogP contribution is 2.32. The van der Waals surface area contributed by atoms with Crippen LogP contribution in [0.4, 0.5) is 9.59 Å². The SMILES string of the molecule is CC1(C)CCCC(NC(=O)NC2CCCC(NC(N)=O)CCC2)CCC1. The maximum atomic E-state index is 12.4. The summed E-state index contributed by atoms with van der Waals surface area (Å²) < 4.78 is 0. The second-order valence-corrected chi connectivity index (χ2v) is 9.03. The van der Waals surface area contributed by atoms with Crippen molar-refractivity contribution in [2.45, 2.75) is 109 Å². The number of carbonyl (C=O) groups is 2. The predicted molar refractivity (Wildman–Crippen MR) is 105 cm³/mol. The van der Waals surface area contributed by atoms with Gasteiger partial charge in [-0.15, -0.1) is 0 Å². The van der Waals surface area contributed by atoms with Gasteiger partial charge < -0.3 is 21.7 Å². The molecule has 2 aliphatic rings. The summed E-state index contributed by atoms with van der Waals surface area (Å²) in [7, 11) is 0. The van der Waals surface area contributed by atoms with E-state index in [0.29, 0.717) is 11.5 Å². The zero-order chi connectivity index (χ0) is 19.0. The summed E-state index contributed by atoms with van der Waals surface area (Å²) in [6, 6.07) is 0.279. The van der Waals surface area contributed by atoms with Crippen LogP contribution in [-0.4, -0.2) is 30.2 Å². The zero-order valence-electron chi connectivity index (χ0n) is 16.6. The molecule has 2 fully saturated rings. The molecule has 0 bridgehead atoms. The van der Waals surface area contributed by atoms with Crippen molar-refractivity contribution in [3.8, 4) is 0 Å². The number of amides is 4. The molecule has 0 unspecified atom stereocenters. The lowest BCUT2D eigenvalue weighted by atomic mass is 9.79. The largest absolute Gasteiger partial charge is 0.352 e. The van der Waals surface area contributed by atoms with Crippen LogP contribution in [0, 0.1) is 5.41 Å². The van der Waals surface area contributed by atoms with Crippen LogP contribution >= 0.6 is 0 Å². The Morgan fingerprint density at radius 2 is 1.12 bits per heavy atom. The van der Waals surface area contributed by atoms with Gasteiger partial charge >= 0.3 is 12.1 Å². The Balaban J connectivity index is 1.70. The summed E-state index contributed by atoms with van der Waals surface area (Å²) in [5.74, 6) is 0. The van der Waals surface area contributed by atoms with Crippen LogP contribution in [-0.2, 0) is 0 Å². The van der Waals surface area contributed by atoms with Crippen LogP contribution < -0.4 is 21.7 Å². The molecule has 0 aromatic rings. The van der Waals surface area contributed by atoms with E-state index >= 15 is 0 Å². The number of hydrogen-bond acceptors (Lipinski definition) is 2. The quantitative estimate of drug-likeness (QED) is 0.611. The van der Waals surface area contributed by atoms with Crippen molar-refractivity contribution < 1.29 is 9.59 Å². The summed E-state index contributed by atoms with van der Waals surface area (Å²) in [4.78, 5) is 23.4. The van der Waals surface area contributed by atoms with E-state index in [9.17, 15) is 9.59 Å². The molecule has 150 valence electrons. The average Bonchev–Trinajstić information content (AvgIpc) is 2.49. The van der Waals surface area contributed by atoms with Gasteiger partial charge in [0, 0.05) is 18.1 Å². The van der Waals surface area contributed by atoms with Gasteiger partial charge in [-0.3, -0.25) is 0 Å². The van der Waals surface area contributed by atoms with Crippen LogP contribution in [0.1, 0.15) is 90.9 Å². The van der Waals surface area contributed by atoms with Crippen LogP contribution in [0.25, 0.3) is 0 Å². The minimum absolute atomic E-state index is 0.00721. The Labute approximate surface area is 158 Å². The second-order valence-electron chi connectivity index (χ2n) is 9.03. The Morgan fingerprint density at radius 3 is 1.54 bits per heavy atom. The third-order valence-corrected chi connectivity index (χ3v) is 6.04. The Morgan fingerprint density at radius 1 is 0.731 bits per heavy atom. The Kier molecular flexibility index (Phi) is 8.04. The molecule has 6 nitrogen and oxygen atoms in total. The van der Waals surface area contributed by atoms with Crippen LogP contribution in [0.3, 0.4) is 0 Å². The maximum absolute atomic E-state index is 12.4. The predicted octanol–water partition coefficient (Wildman–Crippen LogP) is 3.79. The van der Waals surface area contributed by atoms with E-state index in [1.54, 1.807) is 0 Å². The van der Waals surface area contributed by atoms with E-state index in [1.807, 2.05) is 0 Å². The summed E-state index contributed by atoms with van der Waals surface area (Å²) in [6.07, 6.45) is 12.8. The van der Waals surface area contributed by atoms with Gasteiger partial charge in [-0.2, -0.15) is 0 Å². The molecule has 2 saturated carbocycles. The first-order valence-electron chi connectivity index (χ1n) is 10.5. The normalized spacial score (nSPS) is 27.9. The molecule has 5 N–H and O–H groups in total. The van der Waals surface area contributed by atoms with E-state index in [-0.39, 0.29) is 18.1 Å². The van der Waals surface area contributed by atoms with Gasteiger partial charge in [0.1, 0.15) is 0 Å². The molecular weight excluding hydrogens is 328 g/mol. The highest BCUT2D eigenvalue weighted by Gasteiger charge is 2.24. The second kappa shape index (κ2) is 10.0. The first-order chi connectivity index (χ1) is 12.3. The van der Waals surface area contributed by atoms with E-state index in [1.165, 1.54) is 25.7 Å². The molecule has 26 heavy (non-hydrogen) atoms. The fourth-order valence-electron chi connectivity index (χ4n) is 4.48. The van der Waals surface area contributed by atoms with E-state index in [4.69, 9.17) is 5.73 Å². The van der Waals surface area contributed by atoms with Crippen molar-refractivity contribution in [2.75, 3.05) is 0 Å². The first-order valence-corrected chi connectivity index (χ1v) is 10.5. The smallest absolute Gasteiger partial charge is 0.315 e. The fourth-order valence-corrected chi connectivity index (χ4v) is 4.48. The highest BCUT2D eigenvalue weighted by molar-refractivity contribution is 5.74. The molecule has 0 aromatic heterocycles. The lowest BCUT2D eigenvalue weighted by Crippen LogP contribution is -2.47. The summed E-state index contributed by atoms with van der Waals surface area (Å²) >= 11 is 0. The molecule has 4 amide bonds. The minimum atomic E-state index is -0.438. The molecule has 0 radical (unpaired) electrons. The van der Waals surface area contributed by atoms with Crippen molar-refractivity contribution in [3.63, 3.8) is 0 Å². The number of rotatable bonds is 3. The number of primary amides is 1. The lowest BCUT2D eigenvalue weighted by molar-refractivity contribution is 0.217. The molecule has 0 atom stereocenters. The van der Waals surface area contributed by atoms with Gasteiger partial charge in [0.2, 0.25) is 0 Å². The number of carbonyl (C=O) groups excluding carboxylic acids is 2. The third-order valence-electron chi connectivity index (χ3n) is 6.04. The minimum Gasteiger partial charge on any atom is -0.352 e. The third kappa shape index (κ3) is 7.83. The standard InChI is InChI=1S/C20H38N4O2/c1-20(2)13-5-11-17(12-6-14-20)24-19(26)23-16-9-3-7-15(8-4-10-16)22-18(21)25/h15-17H,3-14H2,1-2H3,(H3,21,22,25)(H2,23,24,26). The van der Waals surface area contributed by atoms with E-state index < -0.39 is 6.03 Å². The highest BCUT2D eigenvalue weighted by atomic mass is 16.2. The van der Waals surface area contributed by atoms with Crippen molar-refractivity contribution in [3.05, 3.63) is 0 Å². The molecule has 0 heterocycles. The van der Waals surface area contributed by atoms with Gasteiger partial charge in [-0.25, -0.2) is 9.59 Å². The molecular formula is C20H38N4O2. The monoisotopic (exact) mass is 366 g/mol. The van der Waals surface area contributed by atoms with Gasteiger partial charge in [-0.05, 0) is 69.6 Å². The van der Waals surface area contributed by atoms with Crippen LogP contribution in [0.5, 0.6) is 0 Å².